The minimum atomic E-state index is 0. The SMILES string of the molecule is Cl.NCCCOc1ccc(Br)cc1. The van der Waals surface area contributed by atoms with Crippen molar-refractivity contribution < 1.29 is 4.74 Å². The second-order valence-corrected chi connectivity index (χ2v) is 3.36. The molecule has 0 unspecified atom stereocenters. The molecule has 4 heteroatoms. The van der Waals surface area contributed by atoms with Crippen molar-refractivity contribution in [3.63, 3.8) is 0 Å². The van der Waals surface area contributed by atoms with Crippen molar-refractivity contribution in [1.82, 2.24) is 0 Å². The number of rotatable bonds is 4. The van der Waals surface area contributed by atoms with Crippen LogP contribution in [-0.4, -0.2) is 13.2 Å². The van der Waals surface area contributed by atoms with Crippen LogP contribution in [0.25, 0.3) is 0 Å². The summed E-state index contributed by atoms with van der Waals surface area (Å²) in [5, 5.41) is 0. The Morgan fingerprint density at radius 1 is 1.23 bits per heavy atom. The highest BCUT2D eigenvalue weighted by Gasteiger charge is 1.91. The van der Waals surface area contributed by atoms with E-state index < -0.39 is 0 Å². The molecule has 0 heterocycles. The molecule has 2 N–H and O–H groups in total. The van der Waals surface area contributed by atoms with E-state index in [0.29, 0.717) is 13.2 Å². The number of hydrogen-bond donors (Lipinski definition) is 1. The van der Waals surface area contributed by atoms with E-state index in [0.717, 1.165) is 16.6 Å². The van der Waals surface area contributed by atoms with Crippen molar-refractivity contribution in [2.24, 2.45) is 5.73 Å². The molecule has 0 saturated carbocycles. The third-order valence-corrected chi connectivity index (χ3v) is 1.96. The molecule has 0 radical (unpaired) electrons. The molecule has 1 rings (SSSR count). The molecule has 13 heavy (non-hydrogen) atoms. The van der Waals surface area contributed by atoms with Crippen molar-refractivity contribution >= 4 is 28.3 Å². The zero-order valence-corrected chi connectivity index (χ0v) is 9.61. The fourth-order valence-electron chi connectivity index (χ4n) is 0.804. The summed E-state index contributed by atoms with van der Waals surface area (Å²) in [5.41, 5.74) is 5.33. The molecule has 0 spiro atoms. The normalized spacial score (nSPS) is 9.08. The molecule has 0 saturated heterocycles. The van der Waals surface area contributed by atoms with Crippen LogP contribution in [0.5, 0.6) is 5.75 Å². The lowest BCUT2D eigenvalue weighted by atomic mass is 10.3. The molecule has 0 aliphatic rings. The second-order valence-electron chi connectivity index (χ2n) is 2.44. The Hall–Kier alpha value is -0.250. The van der Waals surface area contributed by atoms with Gasteiger partial charge in [-0.3, -0.25) is 0 Å². The van der Waals surface area contributed by atoms with Gasteiger partial charge in [0.25, 0.3) is 0 Å². The van der Waals surface area contributed by atoms with E-state index in [1.54, 1.807) is 0 Å². The molecule has 1 aromatic carbocycles. The topological polar surface area (TPSA) is 35.2 Å². The standard InChI is InChI=1S/C9H12BrNO.ClH/c10-8-2-4-9(5-3-8)12-7-1-6-11;/h2-5H,1,6-7,11H2;1H. The summed E-state index contributed by atoms with van der Waals surface area (Å²) in [6.07, 6.45) is 0.899. The van der Waals surface area contributed by atoms with Gasteiger partial charge in [0.1, 0.15) is 5.75 Å². The first-order valence-corrected chi connectivity index (χ1v) is 4.70. The molecule has 0 fully saturated rings. The van der Waals surface area contributed by atoms with Crippen LogP contribution in [0, 0.1) is 0 Å². The van der Waals surface area contributed by atoms with E-state index in [-0.39, 0.29) is 12.4 Å². The zero-order chi connectivity index (χ0) is 8.81. The average molecular weight is 267 g/mol. The Balaban J connectivity index is 0.00000144. The molecule has 2 nitrogen and oxygen atoms in total. The van der Waals surface area contributed by atoms with Crippen molar-refractivity contribution in [1.29, 1.82) is 0 Å². The fraction of sp³-hybridized carbons (Fsp3) is 0.333. The van der Waals surface area contributed by atoms with Gasteiger partial charge in [0.2, 0.25) is 0 Å². The summed E-state index contributed by atoms with van der Waals surface area (Å²) < 4.78 is 6.46. The van der Waals surface area contributed by atoms with Crippen LogP contribution in [0.3, 0.4) is 0 Å². The fourth-order valence-corrected chi connectivity index (χ4v) is 1.07. The minimum Gasteiger partial charge on any atom is -0.494 e. The van der Waals surface area contributed by atoms with Gasteiger partial charge in [-0.15, -0.1) is 12.4 Å². The number of ether oxygens (including phenoxy) is 1. The predicted octanol–water partition coefficient (Wildman–Crippen LogP) is 2.60. The van der Waals surface area contributed by atoms with Crippen LogP contribution in [0.15, 0.2) is 28.7 Å². The summed E-state index contributed by atoms with van der Waals surface area (Å²) in [6, 6.07) is 7.77. The number of halogens is 2. The van der Waals surface area contributed by atoms with Gasteiger partial charge in [0.05, 0.1) is 6.61 Å². The van der Waals surface area contributed by atoms with E-state index in [9.17, 15) is 0 Å². The highest BCUT2D eigenvalue weighted by atomic mass is 79.9. The van der Waals surface area contributed by atoms with Gasteiger partial charge >= 0.3 is 0 Å². The lowest BCUT2D eigenvalue weighted by molar-refractivity contribution is 0.313. The summed E-state index contributed by atoms with van der Waals surface area (Å²) in [7, 11) is 0. The summed E-state index contributed by atoms with van der Waals surface area (Å²) in [5.74, 6) is 0.895. The molecule has 0 bridgehead atoms. The van der Waals surface area contributed by atoms with Crippen molar-refractivity contribution in [3.8, 4) is 5.75 Å². The van der Waals surface area contributed by atoms with E-state index >= 15 is 0 Å². The Labute approximate surface area is 93.0 Å². The van der Waals surface area contributed by atoms with Gasteiger partial charge in [0, 0.05) is 4.47 Å². The predicted molar refractivity (Wildman–Crippen MR) is 60.6 cm³/mol. The molecule has 74 valence electrons. The molecule has 0 amide bonds. The summed E-state index contributed by atoms with van der Waals surface area (Å²) in [4.78, 5) is 0. The third kappa shape index (κ3) is 5.13. The summed E-state index contributed by atoms with van der Waals surface area (Å²) >= 11 is 3.35. The quantitative estimate of drug-likeness (QED) is 0.850. The van der Waals surface area contributed by atoms with E-state index in [2.05, 4.69) is 15.9 Å². The van der Waals surface area contributed by atoms with E-state index in [1.165, 1.54) is 0 Å². The van der Waals surface area contributed by atoms with Crippen molar-refractivity contribution in [3.05, 3.63) is 28.7 Å². The lowest BCUT2D eigenvalue weighted by Crippen LogP contribution is -2.05. The molecule has 0 aromatic heterocycles. The van der Waals surface area contributed by atoms with Gasteiger partial charge in [0.15, 0.2) is 0 Å². The Bertz CT molecular complexity index is 228. The molecule has 0 atom stereocenters. The number of nitrogens with two attached hydrogens (primary N) is 1. The highest BCUT2D eigenvalue weighted by Crippen LogP contribution is 2.15. The van der Waals surface area contributed by atoms with E-state index in [1.807, 2.05) is 24.3 Å². The molecular weight excluding hydrogens is 253 g/mol. The van der Waals surface area contributed by atoms with Gasteiger partial charge < -0.3 is 10.5 Å². The Kier molecular flexibility index (Phi) is 7.04. The van der Waals surface area contributed by atoms with Crippen LogP contribution in [0.1, 0.15) is 6.42 Å². The van der Waals surface area contributed by atoms with Crippen molar-refractivity contribution in [2.75, 3.05) is 13.2 Å². The maximum absolute atomic E-state index is 5.40. The Morgan fingerprint density at radius 2 is 1.85 bits per heavy atom. The van der Waals surface area contributed by atoms with Gasteiger partial charge in [-0.2, -0.15) is 0 Å². The highest BCUT2D eigenvalue weighted by molar-refractivity contribution is 9.10. The minimum absolute atomic E-state index is 0. The zero-order valence-electron chi connectivity index (χ0n) is 7.20. The molecule has 0 aliphatic heterocycles. The molecular formula is C9H13BrClNO. The summed E-state index contributed by atoms with van der Waals surface area (Å²) in [6.45, 7) is 1.37. The van der Waals surface area contributed by atoms with Gasteiger partial charge in [-0.25, -0.2) is 0 Å². The maximum atomic E-state index is 5.40. The van der Waals surface area contributed by atoms with Crippen LogP contribution >= 0.6 is 28.3 Å². The Morgan fingerprint density at radius 3 is 2.38 bits per heavy atom. The lowest BCUT2D eigenvalue weighted by Gasteiger charge is -2.04. The number of hydrogen-bond acceptors (Lipinski definition) is 2. The van der Waals surface area contributed by atoms with Crippen LogP contribution in [-0.2, 0) is 0 Å². The van der Waals surface area contributed by atoms with Gasteiger partial charge in [-0.05, 0) is 37.2 Å². The van der Waals surface area contributed by atoms with Crippen LogP contribution in [0.4, 0.5) is 0 Å². The third-order valence-electron chi connectivity index (χ3n) is 1.43. The maximum Gasteiger partial charge on any atom is 0.119 e. The van der Waals surface area contributed by atoms with E-state index in [4.69, 9.17) is 10.5 Å². The van der Waals surface area contributed by atoms with Crippen molar-refractivity contribution in [2.45, 2.75) is 6.42 Å². The monoisotopic (exact) mass is 265 g/mol. The molecule has 0 aliphatic carbocycles. The largest absolute Gasteiger partial charge is 0.494 e. The first-order valence-electron chi connectivity index (χ1n) is 3.91. The number of benzene rings is 1. The second kappa shape index (κ2) is 7.18. The average Bonchev–Trinajstić information content (AvgIpc) is 2.09. The van der Waals surface area contributed by atoms with Gasteiger partial charge in [-0.1, -0.05) is 15.9 Å². The molecule has 1 aromatic rings. The first kappa shape index (κ1) is 12.8. The van der Waals surface area contributed by atoms with Crippen LogP contribution < -0.4 is 10.5 Å². The smallest absolute Gasteiger partial charge is 0.119 e. The first-order chi connectivity index (χ1) is 5.83. The van der Waals surface area contributed by atoms with Crippen LogP contribution in [0.2, 0.25) is 0 Å².